The first-order valence-corrected chi connectivity index (χ1v) is 13.8. The number of hydrogen-bond donors (Lipinski definition) is 1. The Labute approximate surface area is 216 Å². The second kappa shape index (κ2) is 10.1. The van der Waals surface area contributed by atoms with Gasteiger partial charge < -0.3 is 4.74 Å². The van der Waals surface area contributed by atoms with Crippen LogP contribution < -0.4 is 14.5 Å². The third-order valence-electron chi connectivity index (χ3n) is 6.45. The fourth-order valence-corrected chi connectivity index (χ4v) is 5.91. The SMILES string of the molecule is C[C@H](C(=O)N/N=C\c1ccc2c3c(cccc13)CC2)N(c1ccc(Oc2ccccc2)cc1)S(C)(=O)=O. The number of nitrogens with zero attached hydrogens (tertiary/aromatic N) is 2. The van der Waals surface area contributed by atoms with Gasteiger partial charge in [0, 0.05) is 5.56 Å². The van der Waals surface area contributed by atoms with Crippen LogP contribution in [0.15, 0.2) is 90.0 Å². The molecule has 0 aliphatic heterocycles. The molecule has 1 amide bonds. The predicted octanol–water partition coefficient (Wildman–Crippen LogP) is 5.04. The highest BCUT2D eigenvalue weighted by Gasteiger charge is 2.29. The van der Waals surface area contributed by atoms with Gasteiger partial charge in [0.15, 0.2) is 0 Å². The largest absolute Gasteiger partial charge is 0.457 e. The molecule has 1 N–H and O–H groups in total. The molecule has 0 radical (unpaired) electrons. The van der Waals surface area contributed by atoms with E-state index in [0.29, 0.717) is 17.2 Å². The van der Waals surface area contributed by atoms with E-state index in [-0.39, 0.29) is 0 Å². The third kappa shape index (κ3) is 5.20. The first-order chi connectivity index (χ1) is 17.8. The van der Waals surface area contributed by atoms with Crippen LogP contribution in [0, 0.1) is 0 Å². The Morgan fingerprint density at radius 2 is 1.59 bits per heavy atom. The molecule has 8 heteroatoms. The summed E-state index contributed by atoms with van der Waals surface area (Å²) in [6, 6.07) is 25.1. The van der Waals surface area contributed by atoms with Crippen molar-refractivity contribution in [3.8, 4) is 11.5 Å². The van der Waals surface area contributed by atoms with E-state index in [2.05, 4.69) is 28.7 Å². The lowest BCUT2D eigenvalue weighted by atomic mass is 10.0. The summed E-state index contributed by atoms with van der Waals surface area (Å²) in [4.78, 5) is 12.9. The summed E-state index contributed by atoms with van der Waals surface area (Å²) >= 11 is 0. The zero-order chi connectivity index (χ0) is 26.0. The van der Waals surface area contributed by atoms with Gasteiger partial charge in [-0.05, 0) is 78.1 Å². The van der Waals surface area contributed by atoms with Crippen LogP contribution in [0.25, 0.3) is 10.8 Å². The molecule has 0 bridgehead atoms. The van der Waals surface area contributed by atoms with E-state index >= 15 is 0 Å². The predicted molar refractivity (Wildman–Crippen MR) is 147 cm³/mol. The average Bonchev–Trinajstić information content (AvgIpc) is 3.31. The molecule has 5 rings (SSSR count). The van der Waals surface area contributed by atoms with Crippen LogP contribution in [-0.2, 0) is 27.7 Å². The summed E-state index contributed by atoms with van der Waals surface area (Å²) in [5, 5.41) is 6.50. The Balaban J connectivity index is 1.31. The molecule has 4 aromatic rings. The summed E-state index contributed by atoms with van der Waals surface area (Å²) < 4.78 is 32.1. The Morgan fingerprint density at radius 3 is 2.30 bits per heavy atom. The number of amides is 1. The van der Waals surface area contributed by atoms with Crippen molar-refractivity contribution in [2.24, 2.45) is 5.10 Å². The maximum atomic E-state index is 12.9. The molecule has 188 valence electrons. The van der Waals surface area contributed by atoms with Gasteiger partial charge >= 0.3 is 0 Å². The summed E-state index contributed by atoms with van der Waals surface area (Å²) in [6.45, 7) is 1.53. The molecule has 0 unspecified atom stereocenters. The molecule has 37 heavy (non-hydrogen) atoms. The van der Waals surface area contributed by atoms with Crippen molar-refractivity contribution in [3.05, 3.63) is 102 Å². The standard InChI is InChI=1S/C29H27N3O4S/c1-20(29(33)31-30-19-23-14-13-22-12-11-21-7-6-10-27(23)28(21)22)32(37(2,34)35)24-15-17-26(18-16-24)36-25-8-4-3-5-9-25/h3-10,13-20H,11-12H2,1-2H3,(H,31,33)/b30-19-/t20-/m1/s1. The first-order valence-electron chi connectivity index (χ1n) is 12.0. The van der Waals surface area contributed by atoms with Crippen molar-refractivity contribution in [2.45, 2.75) is 25.8 Å². The lowest BCUT2D eigenvalue weighted by Crippen LogP contribution is -2.46. The van der Waals surface area contributed by atoms with Crippen LogP contribution in [0.2, 0.25) is 0 Å². The Kier molecular flexibility index (Phi) is 6.67. The van der Waals surface area contributed by atoms with E-state index in [9.17, 15) is 13.2 Å². The molecule has 0 aromatic heterocycles. The number of hydrogen-bond acceptors (Lipinski definition) is 5. The van der Waals surface area contributed by atoms with E-state index < -0.39 is 22.0 Å². The van der Waals surface area contributed by atoms with Crippen LogP contribution in [0.1, 0.15) is 23.6 Å². The van der Waals surface area contributed by atoms with Crippen LogP contribution in [-0.4, -0.2) is 32.8 Å². The number of para-hydroxylation sites is 1. The fourth-order valence-electron chi connectivity index (χ4n) is 4.74. The smallest absolute Gasteiger partial charge is 0.263 e. The number of ether oxygens (including phenoxy) is 1. The number of benzene rings is 4. The van der Waals surface area contributed by atoms with Crippen LogP contribution in [0.3, 0.4) is 0 Å². The number of anilines is 1. The molecule has 0 fully saturated rings. The van der Waals surface area contributed by atoms with Crippen molar-refractivity contribution in [1.29, 1.82) is 0 Å². The minimum absolute atomic E-state index is 0.349. The second-order valence-electron chi connectivity index (χ2n) is 9.03. The normalized spacial score (nSPS) is 13.6. The van der Waals surface area contributed by atoms with Crippen molar-refractivity contribution >= 4 is 38.6 Å². The van der Waals surface area contributed by atoms with Crippen LogP contribution in [0.5, 0.6) is 11.5 Å². The Bertz CT molecular complexity index is 1570. The van der Waals surface area contributed by atoms with Gasteiger partial charge in [0.25, 0.3) is 5.91 Å². The maximum Gasteiger partial charge on any atom is 0.263 e. The zero-order valence-corrected chi connectivity index (χ0v) is 21.4. The van der Waals surface area contributed by atoms with Gasteiger partial charge in [-0.25, -0.2) is 13.8 Å². The van der Waals surface area contributed by atoms with E-state index in [1.54, 1.807) is 30.5 Å². The van der Waals surface area contributed by atoms with Gasteiger partial charge in [-0.15, -0.1) is 0 Å². The molecule has 0 spiro atoms. The summed E-state index contributed by atoms with van der Waals surface area (Å²) in [5.41, 5.74) is 6.40. The number of nitrogens with one attached hydrogen (secondary N) is 1. The van der Waals surface area contributed by atoms with E-state index in [4.69, 9.17) is 4.74 Å². The van der Waals surface area contributed by atoms with Crippen molar-refractivity contribution in [2.75, 3.05) is 10.6 Å². The fraction of sp³-hybridized carbons (Fsp3) is 0.172. The van der Waals surface area contributed by atoms with E-state index in [1.807, 2.05) is 42.5 Å². The van der Waals surface area contributed by atoms with Crippen LogP contribution in [0.4, 0.5) is 5.69 Å². The van der Waals surface area contributed by atoms with Gasteiger partial charge in [-0.3, -0.25) is 9.10 Å². The molecular formula is C29H27N3O4S. The summed E-state index contributed by atoms with van der Waals surface area (Å²) in [6.07, 6.45) is 4.73. The lowest BCUT2D eigenvalue weighted by molar-refractivity contribution is -0.121. The number of aryl methyl sites for hydroxylation is 2. The van der Waals surface area contributed by atoms with E-state index in [1.165, 1.54) is 23.4 Å². The molecule has 0 saturated carbocycles. The van der Waals surface area contributed by atoms with Gasteiger partial charge in [-0.1, -0.05) is 48.5 Å². The van der Waals surface area contributed by atoms with Crippen molar-refractivity contribution in [3.63, 3.8) is 0 Å². The number of hydrazone groups is 1. The molecule has 7 nitrogen and oxygen atoms in total. The Morgan fingerprint density at radius 1 is 0.919 bits per heavy atom. The highest BCUT2D eigenvalue weighted by molar-refractivity contribution is 7.92. The number of carbonyl (C=O) groups excluding carboxylic acids is 1. The topological polar surface area (TPSA) is 88.1 Å². The van der Waals surface area contributed by atoms with Crippen LogP contribution >= 0.6 is 0 Å². The van der Waals surface area contributed by atoms with Crippen molar-refractivity contribution in [1.82, 2.24) is 5.43 Å². The number of carbonyl (C=O) groups is 1. The van der Waals surface area contributed by atoms with Gasteiger partial charge in [0.1, 0.15) is 17.5 Å². The number of sulfonamides is 1. The van der Waals surface area contributed by atoms with Gasteiger partial charge in [-0.2, -0.15) is 5.10 Å². The highest BCUT2D eigenvalue weighted by Crippen LogP contribution is 2.32. The molecular weight excluding hydrogens is 486 g/mol. The minimum atomic E-state index is -3.76. The second-order valence-corrected chi connectivity index (χ2v) is 10.9. The summed E-state index contributed by atoms with van der Waals surface area (Å²) in [7, 11) is -3.76. The monoisotopic (exact) mass is 513 g/mol. The van der Waals surface area contributed by atoms with E-state index in [0.717, 1.165) is 34.4 Å². The van der Waals surface area contributed by atoms with Gasteiger partial charge in [0.2, 0.25) is 10.0 Å². The van der Waals surface area contributed by atoms with Crippen molar-refractivity contribution < 1.29 is 17.9 Å². The lowest BCUT2D eigenvalue weighted by Gasteiger charge is -2.27. The molecule has 4 aromatic carbocycles. The molecule has 1 aliphatic rings. The van der Waals surface area contributed by atoms with Gasteiger partial charge in [0.05, 0.1) is 18.2 Å². The molecule has 1 atom stereocenters. The third-order valence-corrected chi connectivity index (χ3v) is 7.69. The minimum Gasteiger partial charge on any atom is -0.457 e. The first kappa shape index (κ1) is 24.5. The number of rotatable bonds is 8. The Hall–Kier alpha value is -4.17. The zero-order valence-electron chi connectivity index (χ0n) is 20.6. The molecule has 0 heterocycles. The average molecular weight is 514 g/mol. The summed E-state index contributed by atoms with van der Waals surface area (Å²) in [5.74, 6) is 0.675. The molecule has 1 aliphatic carbocycles. The quantitative estimate of drug-likeness (QED) is 0.264. The highest BCUT2D eigenvalue weighted by atomic mass is 32.2. The molecule has 0 saturated heterocycles. The maximum absolute atomic E-state index is 12.9.